The number of hydrogen-bond acceptors (Lipinski definition) is 6. The van der Waals surface area contributed by atoms with Gasteiger partial charge < -0.3 is 15.0 Å². The molecule has 1 aromatic rings. The Balaban J connectivity index is 1.47. The maximum Gasteiger partial charge on any atom is 0.230 e. The van der Waals surface area contributed by atoms with Crippen LogP contribution >= 0.6 is 11.8 Å². The number of rotatable bonds is 8. The third-order valence-electron chi connectivity index (χ3n) is 3.57. The number of H-pyrrole nitrogens is 1. The number of amides is 1. The minimum absolute atomic E-state index is 0.00624. The van der Waals surface area contributed by atoms with Crippen molar-refractivity contribution in [1.29, 1.82) is 0 Å². The molecule has 0 spiro atoms. The van der Waals surface area contributed by atoms with Gasteiger partial charge in [0.05, 0.1) is 11.9 Å². The number of aromatic amines is 1. The number of carbonyl (C=O) groups is 1. The number of aromatic nitrogens is 3. The largest absolute Gasteiger partial charge is 0.378 e. The number of thioether (sulfide) groups is 1. The van der Waals surface area contributed by atoms with Gasteiger partial charge in [-0.1, -0.05) is 11.8 Å². The van der Waals surface area contributed by atoms with E-state index in [9.17, 15) is 4.79 Å². The van der Waals surface area contributed by atoms with Crippen LogP contribution in [0.2, 0.25) is 0 Å². The molecule has 1 saturated heterocycles. The van der Waals surface area contributed by atoms with Gasteiger partial charge in [-0.15, -0.1) is 5.10 Å². The molecule has 8 heteroatoms. The summed E-state index contributed by atoms with van der Waals surface area (Å²) in [6.07, 6.45) is 3.45. The van der Waals surface area contributed by atoms with Gasteiger partial charge >= 0.3 is 0 Å². The fraction of sp³-hybridized carbons (Fsp3) is 0.786. The molecule has 0 bridgehead atoms. The van der Waals surface area contributed by atoms with E-state index in [0.717, 1.165) is 38.2 Å². The summed E-state index contributed by atoms with van der Waals surface area (Å²) >= 11 is 1.33. The zero-order chi connectivity index (χ0) is 15.8. The molecule has 1 aliphatic heterocycles. The van der Waals surface area contributed by atoms with Crippen LogP contribution in [0.4, 0.5) is 0 Å². The zero-order valence-electron chi connectivity index (χ0n) is 13.3. The molecule has 0 radical (unpaired) electrons. The molecule has 0 atom stereocenters. The van der Waals surface area contributed by atoms with E-state index in [1.165, 1.54) is 11.8 Å². The lowest BCUT2D eigenvalue weighted by Gasteiger charge is -2.28. The number of ether oxygens (including phenoxy) is 1. The normalized spacial score (nSPS) is 16.8. The number of nitrogens with zero attached hydrogens (tertiary/aromatic N) is 3. The van der Waals surface area contributed by atoms with Crippen LogP contribution in [-0.4, -0.2) is 71.1 Å². The van der Waals surface area contributed by atoms with Crippen molar-refractivity contribution < 1.29 is 9.53 Å². The van der Waals surface area contributed by atoms with E-state index in [4.69, 9.17) is 4.74 Å². The van der Waals surface area contributed by atoms with E-state index in [-0.39, 0.29) is 5.91 Å². The highest BCUT2D eigenvalue weighted by atomic mass is 32.2. The first kappa shape index (κ1) is 17.2. The van der Waals surface area contributed by atoms with Gasteiger partial charge in [0.25, 0.3) is 0 Å². The van der Waals surface area contributed by atoms with Gasteiger partial charge in [-0.25, -0.2) is 4.98 Å². The molecule has 2 rings (SSSR count). The van der Waals surface area contributed by atoms with Crippen LogP contribution in [0.3, 0.4) is 0 Å². The average Bonchev–Trinajstić information content (AvgIpc) is 2.92. The van der Waals surface area contributed by atoms with Crippen LogP contribution in [0.15, 0.2) is 5.16 Å². The van der Waals surface area contributed by atoms with Crippen molar-refractivity contribution in [2.24, 2.45) is 0 Å². The molecule has 7 nitrogen and oxygen atoms in total. The van der Waals surface area contributed by atoms with Crippen LogP contribution in [0.1, 0.15) is 25.1 Å². The molecule has 2 heterocycles. The molecule has 0 unspecified atom stereocenters. The molecule has 2 N–H and O–H groups in total. The molecular weight excluding hydrogens is 302 g/mol. The Morgan fingerprint density at radius 2 is 2.27 bits per heavy atom. The molecule has 0 aliphatic carbocycles. The molecular formula is C14H25N5O2S. The highest BCUT2D eigenvalue weighted by Crippen LogP contribution is 2.12. The molecule has 1 fully saturated rings. The number of hydrogen-bond donors (Lipinski definition) is 2. The third-order valence-corrected chi connectivity index (χ3v) is 4.42. The number of likely N-dealkylation sites (tertiary alicyclic amines) is 1. The van der Waals surface area contributed by atoms with Crippen molar-refractivity contribution in [3.05, 3.63) is 5.82 Å². The first-order valence-electron chi connectivity index (χ1n) is 7.72. The molecule has 124 valence electrons. The number of nitrogens with one attached hydrogen (secondary N) is 2. The molecule has 0 saturated carbocycles. The van der Waals surface area contributed by atoms with Crippen LogP contribution in [0.5, 0.6) is 0 Å². The van der Waals surface area contributed by atoms with Crippen molar-refractivity contribution in [2.75, 3.05) is 39.0 Å². The van der Waals surface area contributed by atoms with Crippen molar-refractivity contribution >= 4 is 17.7 Å². The van der Waals surface area contributed by atoms with Crippen molar-refractivity contribution in [2.45, 2.75) is 37.4 Å². The summed E-state index contributed by atoms with van der Waals surface area (Å²) in [5.41, 5.74) is 0. The Morgan fingerprint density at radius 3 is 2.95 bits per heavy atom. The zero-order valence-corrected chi connectivity index (χ0v) is 14.1. The van der Waals surface area contributed by atoms with Gasteiger partial charge in [0, 0.05) is 26.2 Å². The minimum atomic E-state index is 0.00624. The summed E-state index contributed by atoms with van der Waals surface area (Å²) in [7, 11) is 2.14. The van der Waals surface area contributed by atoms with Crippen molar-refractivity contribution in [3.8, 4) is 0 Å². The monoisotopic (exact) mass is 327 g/mol. The summed E-state index contributed by atoms with van der Waals surface area (Å²) in [5.74, 6) is 1.10. The van der Waals surface area contributed by atoms with Crippen LogP contribution in [-0.2, 0) is 9.53 Å². The molecule has 22 heavy (non-hydrogen) atoms. The van der Waals surface area contributed by atoms with E-state index in [2.05, 4.69) is 32.4 Å². The van der Waals surface area contributed by atoms with Gasteiger partial charge in [0.15, 0.2) is 0 Å². The third kappa shape index (κ3) is 6.33. The highest BCUT2D eigenvalue weighted by molar-refractivity contribution is 7.99. The predicted octanol–water partition coefficient (Wildman–Crippen LogP) is 0.822. The van der Waals surface area contributed by atoms with Gasteiger partial charge in [0.1, 0.15) is 5.82 Å². The number of aryl methyl sites for hydroxylation is 1. The average molecular weight is 327 g/mol. The molecule has 0 aromatic carbocycles. The van der Waals surface area contributed by atoms with Crippen LogP contribution in [0, 0.1) is 6.92 Å². The maximum atomic E-state index is 11.7. The van der Waals surface area contributed by atoms with Gasteiger partial charge in [-0.3, -0.25) is 9.89 Å². The molecule has 1 amide bonds. The Labute approximate surface area is 135 Å². The first-order chi connectivity index (χ1) is 10.6. The fourth-order valence-corrected chi connectivity index (χ4v) is 2.94. The van der Waals surface area contributed by atoms with E-state index in [1.54, 1.807) is 0 Å². The lowest BCUT2D eigenvalue weighted by atomic mass is 10.1. The quantitative estimate of drug-likeness (QED) is 0.543. The van der Waals surface area contributed by atoms with E-state index >= 15 is 0 Å². The topological polar surface area (TPSA) is 83.1 Å². The van der Waals surface area contributed by atoms with Crippen molar-refractivity contribution in [1.82, 2.24) is 25.4 Å². The fourth-order valence-electron chi connectivity index (χ4n) is 2.27. The van der Waals surface area contributed by atoms with Gasteiger partial charge in [-0.2, -0.15) is 0 Å². The SMILES string of the molecule is Cc1nc(SCC(=O)NCCCOC2CCN(C)CC2)n[nH]1. The second kappa shape index (κ2) is 9.12. The summed E-state index contributed by atoms with van der Waals surface area (Å²) in [6.45, 7) is 5.42. The Hall–Kier alpha value is -1.12. The van der Waals surface area contributed by atoms with E-state index in [0.29, 0.717) is 30.2 Å². The first-order valence-corrected chi connectivity index (χ1v) is 8.70. The summed E-state index contributed by atoms with van der Waals surface area (Å²) in [4.78, 5) is 18.1. The van der Waals surface area contributed by atoms with Crippen LogP contribution < -0.4 is 5.32 Å². The molecule has 1 aliphatic rings. The van der Waals surface area contributed by atoms with Crippen molar-refractivity contribution in [3.63, 3.8) is 0 Å². The van der Waals surface area contributed by atoms with E-state index in [1.807, 2.05) is 6.92 Å². The highest BCUT2D eigenvalue weighted by Gasteiger charge is 2.16. The van der Waals surface area contributed by atoms with E-state index < -0.39 is 0 Å². The Bertz CT molecular complexity index is 460. The van der Waals surface area contributed by atoms with Gasteiger partial charge in [0.2, 0.25) is 11.1 Å². The second-order valence-electron chi connectivity index (χ2n) is 5.57. The summed E-state index contributed by atoms with van der Waals surface area (Å²) in [6, 6.07) is 0. The lowest BCUT2D eigenvalue weighted by Crippen LogP contribution is -2.34. The maximum absolute atomic E-state index is 11.7. The number of carbonyl (C=O) groups excluding carboxylic acids is 1. The van der Waals surface area contributed by atoms with Crippen LogP contribution in [0.25, 0.3) is 0 Å². The Morgan fingerprint density at radius 1 is 1.50 bits per heavy atom. The second-order valence-corrected chi connectivity index (χ2v) is 6.51. The lowest BCUT2D eigenvalue weighted by molar-refractivity contribution is -0.118. The Kier molecular flexibility index (Phi) is 7.14. The standard InChI is InChI=1S/C14H25N5O2S/c1-11-16-14(18-17-11)22-10-13(20)15-6-3-9-21-12-4-7-19(2)8-5-12/h12H,3-10H2,1-2H3,(H,15,20)(H,16,17,18). The summed E-state index contributed by atoms with van der Waals surface area (Å²) < 4.78 is 5.84. The van der Waals surface area contributed by atoms with Gasteiger partial charge in [-0.05, 0) is 33.2 Å². The summed E-state index contributed by atoms with van der Waals surface area (Å²) in [5, 5.41) is 10.2. The number of piperidine rings is 1. The molecule has 1 aromatic heterocycles. The smallest absolute Gasteiger partial charge is 0.230 e. The minimum Gasteiger partial charge on any atom is -0.378 e. The predicted molar refractivity (Wildman–Crippen MR) is 85.9 cm³/mol.